The molecule has 0 bridgehead atoms. The summed E-state index contributed by atoms with van der Waals surface area (Å²) >= 11 is 0. The lowest BCUT2D eigenvalue weighted by Crippen LogP contribution is -2.43. The molecule has 1 unspecified atom stereocenters. The van der Waals surface area contributed by atoms with Crippen LogP contribution in [0.2, 0.25) is 0 Å². The molecule has 3 nitrogen and oxygen atoms in total. The maximum atomic E-state index is 12.2. The lowest BCUT2D eigenvalue weighted by molar-refractivity contribution is 0.186. The topological polar surface area (TPSA) is 32.3 Å². The molecule has 1 aromatic carbocycles. The second-order valence-corrected chi connectivity index (χ2v) is 5.38. The summed E-state index contributed by atoms with van der Waals surface area (Å²) in [6.45, 7) is 1.56. The van der Waals surface area contributed by atoms with E-state index in [4.69, 9.17) is 0 Å². The van der Waals surface area contributed by atoms with Crippen LogP contribution in [0.1, 0.15) is 31.2 Å². The summed E-state index contributed by atoms with van der Waals surface area (Å²) in [5.74, 6) is 0.787. The Morgan fingerprint density at radius 1 is 1.22 bits per heavy atom. The van der Waals surface area contributed by atoms with Crippen LogP contribution in [0.25, 0.3) is 0 Å². The van der Waals surface area contributed by atoms with E-state index >= 15 is 0 Å². The van der Waals surface area contributed by atoms with E-state index in [2.05, 4.69) is 10.2 Å². The smallest absolute Gasteiger partial charge is 0.317 e. The molecule has 1 heterocycles. The maximum absolute atomic E-state index is 12.2. The van der Waals surface area contributed by atoms with Crippen LogP contribution in [0.4, 0.5) is 4.79 Å². The first kappa shape index (κ1) is 11.6. The average molecular weight is 244 g/mol. The molecule has 1 N–H and O–H groups in total. The monoisotopic (exact) mass is 244 g/mol. The van der Waals surface area contributed by atoms with Crippen molar-refractivity contribution < 1.29 is 4.79 Å². The van der Waals surface area contributed by atoms with Crippen molar-refractivity contribution in [2.24, 2.45) is 5.92 Å². The van der Waals surface area contributed by atoms with Gasteiger partial charge in [0.05, 0.1) is 0 Å². The zero-order valence-electron chi connectivity index (χ0n) is 10.6. The zero-order chi connectivity index (χ0) is 12.4. The molecule has 0 radical (unpaired) electrons. The van der Waals surface area contributed by atoms with Crippen molar-refractivity contribution in [2.75, 3.05) is 6.54 Å². The number of hydrogen-bond donors (Lipinski definition) is 1. The van der Waals surface area contributed by atoms with Crippen LogP contribution in [-0.2, 0) is 6.54 Å². The van der Waals surface area contributed by atoms with Gasteiger partial charge < -0.3 is 10.2 Å². The van der Waals surface area contributed by atoms with Crippen LogP contribution in [0.3, 0.4) is 0 Å². The van der Waals surface area contributed by atoms with Gasteiger partial charge in [-0.05, 0) is 37.2 Å². The van der Waals surface area contributed by atoms with Crippen LogP contribution < -0.4 is 5.32 Å². The Bertz CT molecular complexity index is 414. The molecule has 3 rings (SSSR count). The summed E-state index contributed by atoms with van der Waals surface area (Å²) in [5, 5.41) is 3.04. The van der Waals surface area contributed by atoms with E-state index in [0.717, 1.165) is 18.0 Å². The van der Waals surface area contributed by atoms with Crippen LogP contribution >= 0.6 is 0 Å². The van der Waals surface area contributed by atoms with Crippen LogP contribution in [0.15, 0.2) is 30.3 Å². The number of rotatable bonds is 3. The number of amides is 2. The van der Waals surface area contributed by atoms with Crippen LogP contribution in [0, 0.1) is 5.92 Å². The molecule has 1 aliphatic carbocycles. The molecule has 1 saturated carbocycles. The Kier molecular flexibility index (Phi) is 3.22. The molecule has 96 valence electrons. The van der Waals surface area contributed by atoms with Gasteiger partial charge in [-0.1, -0.05) is 30.3 Å². The fourth-order valence-corrected chi connectivity index (χ4v) is 2.89. The van der Waals surface area contributed by atoms with Crippen molar-refractivity contribution in [1.29, 1.82) is 0 Å². The summed E-state index contributed by atoms with van der Waals surface area (Å²) in [7, 11) is 0. The lowest BCUT2D eigenvalue weighted by atomic mass is 10.1. The molecule has 0 spiro atoms. The van der Waals surface area contributed by atoms with Gasteiger partial charge in [-0.15, -0.1) is 0 Å². The van der Waals surface area contributed by atoms with Gasteiger partial charge in [-0.25, -0.2) is 4.79 Å². The SMILES string of the molecule is O=C(NCc1ccccc1)N1CCCC1C1CC1. The molecule has 18 heavy (non-hydrogen) atoms. The highest BCUT2D eigenvalue weighted by Gasteiger charge is 2.39. The minimum Gasteiger partial charge on any atom is -0.334 e. The van der Waals surface area contributed by atoms with Crippen LogP contribution in [0.5, 0.6) is 0 Å². The van der Waals surface area contributed by atoms with E-state index in [-0.39, 0.29) is 6.03 Å². The van der Waals surface area contributed by atoms with E-state index in [1.807, 2.05) is 30.3 Å². The quantitative estimate of drug-likeness (QED) is 0.871. The van der Waals surface area contributed by atoms with E-state index in [0.29, 0.717) is 12.6 Å². The number of likely N-dealkylation sites (tertiary alicyclic amines) is 1. The number of nitrogens with zero attached hydrogens (tertiary/aromatic N) is 1. The van der Waals surface area contributed by atoms with Crippen molar-refractivity contribution in [1.82, 2.24) is 10.2 Å². The number of carbonyl (C=O) groups excluding carboxylic acids is 1. The highest BCUT2D eigenvalue weighted by molar-refractivity contribution is 5.75. The molecule has 1 atom stereocenters. The highest BCUT2D eigenvalue weighted by Crippen LogP contribution is 2.39. The molecular formula is C15H20N2O. The van der Waals surface area contributed by atoms with Gasteiger partial charge >= 0.3 is 6.03 Å². The Balaban J connectivity index is 1.54. The molecule has 2 amide bonds. The summed E-state index contributed by atoms with van der Waals surface area (Å²) < 4.78 is 0. The predicted molar refractivity (Wildman–Crippen MR) is 71.1 cm³/mol. The number of nitrogens with one attached hydrogen (secondary N) is 1. The van der Waals surface area contributed by atoms with Gasteiger partial charge in [-0.2, -0.15) is 0 Å². The third-order valence-corrected chi connectivity index (χ3v) is 4.01. The van der Waals surface area contributed by atoms with Crippen molar-refractivity contribution in [3.8, 4) is 0 Å². The second-order valence-electron chi connectivity index (χ2n) is 5.38. The first-order valence-electron chi connectivity index (χ1n) is 6.93. The Hall–Kier alpha value is -1.51. The van der Waals surface area contributed by atoms with Crippen molar-refractivity contribution >= 4 is 6.03 Å². The van der Waals surface area contributed by atoms with Crippen LogP contribution in [-0.4, -0.2) is 23.5 Å². The Labute approximate surface area is 108 Å². The molecule has 1 aliphatic heterocycles. The molecule has 2 aliphatic rings. The van der Waals surface area contributed by atoms with E-state index < -0.39 is 0 Å². The van der Waals surface area contributed by atoms with Crippen molar-refractivity contribution in [3.63, 3.8) is 0 Å². The van der Waals surface area contributed by atoms with Gasteiger partial charge in [0, 0.05) is 19.1 Å². The normalized spacial score (nSPS) is 23.1. The Morgan fingerprint density at radius 2 is 2.00 bits per heavy atom. The minimum atomic E-state index is 0.119. The third kappa shape index (κ3) is 2.50. The third-order valence-electron chi connectivity index (χ3n) is 4.01. The van der Waals surface area contributed by atoms with Gasteiger partial charge in [-0.3, -0.25) is 0 Å². The van der Waals surface area contributed by atoms with Crippen molar-refractivity contribution in [2.45, 2.75) is 38.3 Å². The molecule has 2 fully saturated rings. The standard InChI is InChI=1S/C15H20N2O/c18-15(16-11-12-5-2-1-3-6-12)17-10-4-7-14(17)13-8-9-13/h1-3,5-6,13-14H,4,7-11H2,(H,16,18). The molecule has 1 aromatic rings. The lowest BCUT2D eigenvalue weighted by Gasteiger charge is -2.24. The van der Waals surface area contributed by atoms with E-state index in [1.165, 1.54) is 25.7 Å². The first-order valence-corrected chi connectivity index (χ1v) is 6.93. The highest BCUT2D eigenvalue weighted by atomic mass is 16.2. The fourth-order valence-electron chi connectivity index (χ4n) is 2.89. The van der Waals surface area contributed by atoms with Gasteiger partial charge in [0.15, 0.2) is 0 Å². The molecule has 1 saturated heterocycles. The number of carbonyl (C=O) groups is 1. The fraction of sp³-hybridized carbons (Fsp3) is 0.533. The summed E-state index contributed by atoms with van der Waals surface area (Å²) in [4.78, 5) is 14.2. The largest absolute Gasteiger partial charge is 0.334 e. The van der Waals surface area contributed by atoms with Gasteiger partial charge in [0.25, 0.3) is 0 Å². The molecule has 0 aromatic heterocycles. The number of benzene rings is 1. The summed E-state index contributed by atoms with van der Waals surface area (Å²) in [5.41, 5.74) is 1.16. The summed E-state index contributed by atoms with van der Waals surface area (Å²) in [6.07, 6.45) is 4.99. The molecule has 3 heteroatoms. The molecular weight excluding hydrogens is 224 g/mol. The first-order chi connectivity index (χ1) is 8.84. The number of hydrogen-bond acceptors (Lipinski definition) is 1. The van der Waals surface area contributed by atoms with Crippen molar-refractivity contribution in [3.05, 3.63) is 35.9 Å². The predicted octanol–water partition coefficient (Wildman–Crippen LogP) is 2.77. The van der Waals surface area contributed by atoms with E-state index in [9.17, 15) is 4.79 Å². The minimum absolute atomic E-state index is 0.119. The second kappa shape index (κ2) is 5.01. The average Bonchev–Trinajstić information content (AvgIpc) is 3.14. The summed E-state index contributed by atoms with van der Waals surface area (Å²) in [6, 6.07) is 10.7. The van der Waals surface area contributed by atoms with E-state index in [1.54, 1.807) is 0 Å². The Morgan fingerprint density at radius 3 is 2.72 bits per heavy atom. The maximum Gasteiger partial charge on any atom is 0.317 e. The van der Waals surface area contributed by atoms with Gasteiger partial charge in [0.2, 0.25) is 0 Å². The zero-order valence-corrected chi connectivity index (χ0v) is 10.6. The number of urea groups is 1. The van der Waals surface area contributed by atoms with Gasteiger partial charge in [0.1, 0.15) is 0 Å².